The van der Waals surface area contributed by atoms with E-state index in [2.05, 4.69) is 55.5 Å². The largest absolute Gasteiger partial charge is 0.494 e. The van der Waals surface area contributed by atoms with E-state index < -0.39 is 12.2 Å². The van der Waals surface area contributed by atoms with Crippen LogP contribution in [0.1, 0.15) is 137 Å². The molecule has 0 saturated carbocycles. The molecule has 3 radical (unpaired) electrons. The Hall–Kier alpha value is -4.22. The number of hydrogen-bond donors (Lipinski definition) is 4. The predicted molar refractivity (Wildman–Crippen MR) is 311 cm³/mol. The van der Waals surface area contributed by atoms with Gasteiger partial charge in [-0.05, 0) is 182 Å². The van der Waals surface area contributed by atoms with Gasteiger partial charge in [0.2, 0.25) is 0 Å². The first-order valence-corrected chi connectivity index (χ1v) is 28.6. The Labute approximate surface area is 465 Å². The zero-order valence-electron chi connectivity index (χ0n) is 47.7. The van der Waals surface area contributed by atoms with Crippen LogP contribution < -0.4 is 18.9 Å². The number of epoxide rings is 1. The first-order valence-electron chi connectivity index (χ1n) is 28.6. The Morgan fingerprint density at radius 2 is 0.623 bits per heavy atom. The second-order valence-corrected chi connectivity index (χ2v) is 19.9. The van der Waals surface area contributed by atoms with Gasteiger partial charge in [-0.3, -0.25) is 0 Å². The zero-order chi connectivity index (χ0) is 54.7. The predicted octanol–water partition coefficient (Wildman–Crippen LogP) is 12.1. The number of aliphatic hydroxyl groups excluding tert-OH is 4. The van der Waals surface area contributed by atoms with Crippen LogP contribution in [0.15, 0.2) is 97.1 Å². The standard InChI is InChI=1S/C36H58O8.C24H34O4.C3H6O.B/c1-29(37)25-43-31(3)27-39-21-9-5-7-11-23-41-35-17-13-33(14-18-35)34-15-19-36(20-16-34)42-24-12-8-6-10-22-40-28-32(4)44-26-30(2)38;25-17-5-1-3-7-19-27-23-13-9-21(10-14-23)22-11-15-24(16-12-22)28-20-8-4-2-6-18-26;1-3-2-4-3;/h13-20,29-32,37-38H,5-12,21-28H2,1-4H3;9-16,25-26H,1-8,17-20H2;3H,2H2,1H3;. The fourth-order valence-corrected chi connectivity index (χ4v) is 7.49. The maximum atomic E-state index is 9.24. The number of unbranched alkanes of at least 4 members (excludes halogenated alkanes) is 12. The molecule has 1 fully saturated rings. The van der Waals surface area contributed by atoms with Gasteiger partial charge in [0.1, 0.15) is 23.0 Å². The molecule has 4 aromatic rings. The number of benzene rings is 4. The van der Waals surface area contributed by atoms with E-state index in [1.165, 1.54) is 0 Å². The van der Waals surface area contributed by atoms with Gasteiger partial charge in [0, 0.05) is 34.8 Å². The minimum absolute atomic E-state index is 0. The van der Waals surface area contributed by atoms with Gasteiger partial charge in [-0.1, -0.05) is 74.2 Å². The molecule has 0 spiro atoms. The first kappa shape index (κ1) is 68.9. The monoisotopic (exact) mass is 1070 g/mol. The molecule has 13 nitrogen and oxygen atoms in total. The molecule has 1 heterocycles. The summed E-state index contributed by atoms with van der Waals surface area (Å²) < 4.78 is 50.4. The highest BCUT2D eigenvalue weighted by atomic mass is 16.6. The molecule has 4 aromatic carbocycles. The molecular formula is C63H98BO13. The van der Waals surface area contributed by atoms with E-state index in [1.54, 1.807) is 13.8 Å². The van der Waals surface area contributed by atoms with Gasteiger partial charge < -0.3 is 63.1 Å². The van der Waals surface area contributed by atoms with E-state index in [0.717, 1.165) is 181 Å². The van der Waals surface area contributed by atoms with Crippen LogP contribution in [0.4, 0.5) is 0 Å². The fourth-order valence-electron chi connectivity index (χ4n) is 7.49. The Kier molecular flexibility index (Phi) is 40.8. The third kappa shape index (κ3) is 37.3. The molecule has 1 saturated heterocycles. The normalized spacial score (nSPS) is 14.1. The van der Waals surface area contributed by atoms with Gasteiger partial charge in [-0.2, -0.15) is 0 Å². The molecule has 0 aromatic heterocycles. The van der Waals surface area contributed by atoms with Crippen LogP contribution in [-0.2, 0) is 23.7 Å². The van der Waals surface area contributed by atoms with Gasteiger partial charge >= 0.3 is 0 Å². The van der Waals surface area contributed by atoms with Crippen LogP contribution >= 0.6 is 0 Å². The Balaban J connectivity index is 0.000000523. The van der Waals surface area contributed by atoms with Crippen LogP contribution in [-0.4, -0.2) is 145 Å². The molecule has 1 aliphatic rings. The van der Waals surface area contributed by atoms with Crippen LogP contribution in [0.5, 0.6) is 23.0 Å². The SMILES string of the molecule is CC(O)COC(C)COCCCCCCOc1ccc(-c2ccc(OCCCCCCOCC(C)OCC(C)O)cc2)cc1.CC1CO1.OCCCCCCOc1ccc(-c2ccc(OCCCCCCO)cc2)cc1.[B]. The van der Waals surface area contributed by atoms with Crippen LogP contribution in [0, 0.1) is 0 Å². The van der Waals surface area contributed by atoms with Gasteiger partial charge in [-0.15, -0.1) is 0 Å². The quantitative estimate of drug-likeness (QED) is 0.0188. The summed E-state index contributed by atoms with van der Waals surface area (Å²) in [6, 6.07) is 32.9. The molecule has 0 amide bonds. The highest BCUT2D eigenvalue weighted by Crippen LogP contribution is 2.27. The van der Waals surface area contributed by atoms with Crippen molar-refractivity contribution < 1.29 is 63.1 Å². The highest BCUT2D eigenvalue weighted by molar-refractivity contribution is 5.75. The van der Waals surface area contributed by atoms with E-state index in [-0.39, 0.29) is 33.8 Å². The maximum Gasteiger partial charge on any atom is 0.119 e. The second-order valence-electron chi connectivity index (χ2n) is 19.9. The molecule has 431 valence electrons. The molecule has 5 atom stereocenters. The van der Waals surface area contributed by atoms with E-state index in [1.807, 2.05) is 62.4 Å². The van der Waals surface area contributed by atoms with Gasteiger partial charge in [0.05, 0.1) is 90.0 Å². The number of rotatable bonds is 42. The topological polar surface area (TPSA) is 167 Å². The van der Waals surface area contributed by atoms with E-state index >= 15 is 0 Å². The number of ether oxygens (including phenoxy) is 9. The average Bonchev–Trinajstić information content (AvgIpc) is 4.23. The van der Waals surface area contributed by atoms with Gasteiger partial charge in [-0.25, -0.2) is 0 Å². The van der Waals surface area contributed by atoms with E-state index in [0.29, 0.717) is 45.7 Å². The molecule has 0 bridgehead atoms. The van der Waals surface area contributed by atoms with E-state index in [4.69, 9.17) is 52.8 Å². The molecule has 1 aliphatic heterocycles. The lowest BCUT2D eigenvalue weighted by Crippen LogP contribution is -2.21. The summed E-state index contributed by atoms with van der Waals surface area (Å²) in [6.07, 6.45) is 16.4. The van der Waals surface area contributed by atoms with Crippen LogP contribution in [0.25, 0.3) is 22.3 Å². The third-order valence-corrected chi connectivity index (χ3v) is 12.1. The second kappa shape index (κ2) is 45.6. The fraction of sp³-hybridized carbons (Fsp3) is 0.619. The zero-order valence-corrected chi connectivity index (χ0v) is 47.7. The third-order valence-electron chi connectivity index (χ3n) is 12.1. The van der Waals surface area contributed by atoms with Crippen molar-refractivity contribution in [2.75, 3.05) is 85.9 Å². The van der Waals surface area contributed by atoms with Crippen molar-refractivity contribution in [2.45, 2.75) is 168 Å². The molecule has 5 unspecified atom stereocenters. The minimum Gasteiger partial charge on any atom is -0.494 e. The molecule has 5 rings (SSSR count). The van der Waals surface area contributed by atoms with Crippen molar-refractivity contribution in [2.24, 2.45) is 0 Å². The summed E-state index contributed by atoms with van der Waals surface area (Å²) in [6.45, 7) is 17.1. The summed E-state index contributed by atoms with van der Waals surface area (Å²) in [5.74, 6) is 3.58. The van der Waals surface area contributed by atoms with E-state index in [9.17, 15) is 10.2 Å². The smallest absolute Gasteiger partial charge is 0.119 e. The Morgan fingerprint density at radius 3 is 0.844 bits per heavy atom. The molecule has 4 N–H and O–H groups in total. The van der Waals surface area contributed by atoms with Crippen LogP contribution in [0.2, 0.25) is 0 Å². The lowest BCUT2D eigenvalue weighted by atomic mass is 10.1. The average molecular weight is 1070 g/mol. The Bertz CT molecular complexity index is 1780. The molecule has 14 heteroatoms. The van der Waals surface area contributed by atoms with Crippen LogP contribution in [0.3, 0.4) is 0 Å². The molecule has 0 aliphatic carbocycles. The summed E-state index contributed by atoms with van der Waals surface area (Å²) >= 11 is 0. The first-order chi connectivity index (χ1) is 37.1. The Morgan fingerprint density at radius 1 is 0.390 bits per heavy atom. The summed E-state index contributed by atoms with van der Waals surface area (Å²) in [4.78, 5) is 0. The minimum atomic E-state index is -0.440. The van der Waals surface area contributed by atoms with Gasteiger partial charge in [0.15, 0.2) is 0 Å². The lowest BCUT2D eigenvalue weighted by molar-refractivity contribution is -0.0369. The highest BCUT2D eigenvalue weighted by Gasteiger charge is 2.13. The lowest BCUT2D eigenvalue weighted by Gasteiger charge is -2.14. The number of hydrogen-bond acceptors (Lipinski definition) is 13. The molecular weight excluding hydrogens is 975 g/mol. The van der Waals surface area contributed by atoms with Gasteiger partial charge in [0.25, 0.3) is 0 Å². The van der Waals surface area contributed by atoms with Crippen molar-refractivity contribution in [3.05, 3.63) is 97.1 Å². The summed E-state index contributed by atoms with van der Waals surface area (Å²) in [5, 5.41) is 36.0. The van der Waals surface area contributed by atoms with Crippen molar-refractivity contribution in [3.63, 3.8) is 0 Å². The molecule has 77 heavy (non-hydrogen) atoms. The number of aliphatic hydroxyl groups is 4. The maximum absolute atomic E-state index is 9.24. The summed E-state index contributed by atoms with van der Waals surface area (Å²) in [7, 11) is 0. The van der Waals surface area contributed by atoms with Crippen molar-refractivity contribution in [3.8, 4) is 45.3 Å². The summed E-state index contributed by atoms with van der Waals surface area (Å²) in [5.41, 5.74) is 4.62. The van der Waals surface area contributed by atoms with Crippen molar-refractivity contribution in [1.82, 2.24) is 0 Å². The van der Waals surface area contributed by atoms with Crippen molar-refractivity contribution in [1.29, 1.82) is 0 Å². The van der Waals surface area contributed by atoms with Crippen molar-refractivity contribution >= 4 is 8.41 Å².